The first kappa shape index (κ1) is 24.4. The zero-order chi connectivity index (χ0) is 24.9. The minimum atomic E-state index is -0.281. The molecule has 2 aromatic heterocycles. The molecule has 9 heteroatoms. The van der Waals surface area contributed by atoms with Crippen molar-refractivity contribution in [2.75, 3.05) is 52.6 Å². The van der Waals surface area contributed by atoms with Crippen LogP contribution in [0.25, 0.3) is 27.4 Å². The molecule has 4 aromatic rings. The van der Waals surface area contributed by atoms with Crippen LogP contribution in [0.15, 0.2) is 65.6 Å². The Morgan fingerprint density at radius 1 is 0.944 bits per heavy atom. The number of rotatable bonds is 2. The Morgan fingerprint density at radius 3 is 2.33 bits per heavy atom. The second kappa shape index (κ2) is 11.2. The van der Waals surface area contributed by atoms with E-state index in [2.05, 4.69) is 10.4 Å². The van der Waals surface area contributed by atoms with E-state index in [1.165, 1.54) is 4.52 Å². The van der Waals surface area contributed by atoms with Gasteiger partial charge in [0.05, 0.1) is 43.7 Å². The highest BCUT2D eigenvalue weighted by Gasteiger charge is 2.24. The van der Waals surface area contributed by atoms with Crippen LogP contribution in [0.1, 0.15) is 10.4 Å². The smallest absolute Gasteiger partial charge is 0.279 e. The number of halogens is 1. The molecule has 0 spiro atoms. The average molecular weight is 507 g/mol. The lowest BCUT2D eigenvalue weighted by Gasteiger charge is -2.27. The number of ether oxygens (including phenoxy) is 2. The molecule has 1 N–H and O–H groups in total. The number of hydrogen-bond acceptors (Lipinski definition) is 6. The van der Waals surface area contributed by atoms with Crippen molar-refractivity contribution in [1.29, 1.82) is 0 Å². The minimum absolute atomic E-state index is 0.151. The van der Waals surface area contributed by atoms with Crippen LogP contribution in [0.5, 0.6) is 0 Å². The highest BCUT2D eigenvalue weighted by Crippen LogP contribution is 2.28. The van der Waals surface area contributed by atoms with Gasteiger partial charge in [0.25, 0.3) is 11.5 Å². The fraction of sp³-hybridized carbons (Fsp3) is 0.296. The lowest BCUT2D eigenvalue weighted by molar-refractivity contribution is 0.0304. The lowest BCUT2D eigenvalue weighted by Crippen LogP contribution is -2.41. The molecule has 0 bridgehead atoms. The van der Waals surface area contributed by atoms with Gasteiger partial charge in [-0.05, 0) is 23.8 Å². The fourth-order valence-electron chi connectivity index (χ4n) is 4.38. The van der Waals surface area contributed by atoms with Gasteiger partial charge in [0.2, 0.25) is 0 Å². The number of carbonyl (C=O) groups is 1. The molecule has 36 heavy (non-hydrogen) atoms. The quantitative estimate of drug-likeness (QED) is 0.420. The predicted octanol–water partition coefficient (Wildman–Crippen LogP) is 3.25. The molecule has 8 nitrogen and oxygen atoms in total. The minimum Gasteiger partial charge on any atom is -0.379 e. The normalized spacial score (nSPS) is 16.0. The summed E-state index contributed by atoms with van der Waals surface area (Å²) < 4.78 is 11.7. The fourth-order valence-corrected chi connectivity index (χ4v) is 4.55. The van der Waals surface area contributed by atoms with Crippen LogP contribution in [-0.2, 0) is 9.47 Å². The first-order valence-electron chi connectivity index (χ1n) is 12.0. The summed E-state index contributed by atoms with van der Waals surface area (Å²) in [7, 11) is 0. The maximum absolute atomic E-state index is 13.5. The van der Waals surface area contributed by atoms with Crippen molar-refractivity contribution in [2.45, 2.75) is 0 Å². The summed E-state index contributed by atoms with van der Waals surface area (Å²) in [5, 5.41) is 9.59. The molecule has 2 aliphatic heterocycles. The molecule has 2 fully saturated rings. The Morgan fingerprint density at radius 2 is 1.67 bits per heavy atom. The molecule has 0 aliphatic carbocycles. The number of morpholine rings is 2. The molecule has 6 rings (SSSR count). The SMILES string of the molecule is C1COCCN1.O=C(c1cc(-c2ccccc2)c(=O)n2ncc3ccc(Cl)cc3c12)N1CCOCC1. The van der Waals surface area contributed by atoms with Crippen molar-refractivity contribution in [3.63, 3.8) is 0 Å². The van der Waals surface area contributed by atoms with E-state index in [9.17, 15) is 9.59 Å². The van der Waals surface area contributed by atoms with Gasteiger partial charge in [-0.25, -0.2) is 0 Å². The van der Waals surface area contributed by atoms with E-state index in [-0.39, 0.29) is 11.5 Å². The molecule has 4 heterocycles. The summed E-state index contributed by atoms with van der Waals surface area (Å²) >= 11 is 6.25. The largest absolute Gasteiger partial charge is 0.379 e. The van der Waals surface area contributed by atoms with Crippen LogP contribution in [0.4, 0.5) is 0 Å². The zero-order valence-electron chi connectivity index (χ0n) is 19.8. The molecule has 2 aliphatic rings. The van der Waals surface area contributed by atoms with E-state index in [4.69, 9.17) is 21.1 Å². The Bertz CT molecular complexity index is 1420. The van der Waals surface area contributed by atoms with E-state index < -0.39 is 0 Å². The van der Waals surface area contributed by atoms with Gasteiger partial charge in [-0.15, -0.1) is 0 Å². The number of hydrogen-bond donors (Lipinski definition) is 1. The summed E-state index contributed by atoms with van der Waals surface area (Å²) in [6.07, 6.45) is 1.62. The van der Waals surface area contributed by atoms with Crippen LogP contribution < -0.4 is 10.9 Å². The van der Waals surface area contributed by atoms with E-state index in [1.807, 2.05) is 36.4 Å². The molecule has 0 unspecified atom stereocenters. The third-order valence-electron chi connectivity index (χ3n) is 6.22. The Kier molecular flexibility index (Phi) is 7.58. The van der Waals surface area contributed by atoms with Gasteiger partial charge in [-0.2, -0.15) is 9.61 Å². The molecule has 2 aromatic carbocycles. The van der Waals surface area contributed by atoms with E-state index >= 15 is 0 Å². The highest BCUT2D eigenvalue weighted by atomic mass is 35.5. The van der Waals surface area contributed by atoms with E-state index in [0.29, 0.717) is 53.4 Å². The maximum atomic E-state index is 13.5. The average Bonchev–Trinajstić information content (AvgIpc) is 2.95. The van der Waals surface area contributed by atoms with Gasteiger partial charge in [0.15, 0.2) is 0 Å². The van der Waals surface area contributed by atoms with Crippen LogP contribution in [-0.4, -0.2) is 73.0 Å². The van der Waals surface area contributed by atoms with Crippen molar-refractivity contribution in [1.82, 2.24) is 19.8 Å². The molecule has 186 valence electrons. The van der Waals surface area contributed by atoms with E-state index in [0.717, 1.165) is 37.3 Å². The second-order valence-electron chi connectivity index (χ2n) is 8.55. The standard InChI is InChI=1S/C23H18ClN3O3.C4H9NO/c24-17-7-6-16-14-25-27-21(18(16)12-17)20(22(28)26-8-10-30-11-9-26)13-19(23(27)29)15-4-2-1-3-5-15;1-3-6-4-2-5-1/h1-7,12-14H,8-11H2;5H,1-4H2. The van der Waals surface area contributed by atoms with Gasteiger partial charge in [-0.3, -0.25) is 9.59 Å². The number of benzene rings is 2. The van der Waals surface area contributed by atoms with Crippen molar-refractivity contribution in [2.24, 2.45) is 0 Å². The Hall–Kier alpha value is -3.30. The van der Waals surface area contributed by atoms with E-state index in [1.54, 1.807) is 29.3 Å². The number of aromatic nitrogens is 2. The van der Waals surface area contributed by atoms with Crippen molar-refractivity contribution >= 4 is 33.8 Å². The molecule has 0 atom stereocenters. The zero-order valence-corrected chi connectivity index (χ0v) is 20.5. The molecular weight excluding hydrogens is 480 g/mol. The lowest BCUT2D eigenvalue weighted by atomic mass is 10.0. The second-order valence-corrected chi connectivity index (χ2v) is 8.98. The number of nitrogens with zero attached hydrogens (tertiary/aromatic N) is 3. The third-order valence-corrected chi connectivity index (χ3v) is 6.46. The molecule has 2 saturated heterocycles. The number of fused-ring (bicyclic) bond motifs is 3. The predicted molar refractivity (Wildman–Crippen MR) is 140 cm³/mol. The van der Waals surface area contributed by atoms with Crippen LogP contribution in [0, 0.1) is 0 Å². The summed E-state index contributed by atoms with van der Waals surface area (Å²) in [6.45, 7) is 5.83. The summed E-state index contributed by atoms with van der Waals surface area (Å²) in [6, 6.07) is 16.4. The molecule has 1 amide bonds. The monoisotopic (exact) mass is 506 g/mol. The van der Waals surface area contributed by atoms with Crippen molar-refractivity contribution in [3.8, 4) is 11.1 Å². The van der Waals surface area contributed by atoms with Gasteiger partial charge in [-0.1, -0.05) is 48.0 Å². The number of pyridine rings is 1. The molecular formula is C27H27ClN4O4. The first-order chi connectivity index (χ1) is 17.6. The topological polar surface area (TPSA) is 85.2 Å². The van der Waals surface area contributed by atoms with Gasteiger partial charge in [0, 0.05) is 47.5 Å². The molecule has 0 radical (unpaired) electrons. The maximum Gasteiger partial charge on any atom is 0.279 e. The highest BCUT2D eigenvalue weighted by molar-refractivity contribution is 6.31. The van der Waals surface area contributed by atoms with Crippen molar-refractivity contribution < 1.29 is 14.3 Å². The van der Waals surface area contributed by atoms with Gasteiger partial charge >= 0.3 is 0 Å². The van der Waals surface area contributed by atoms with Crippen LogP contribution in [0.3, 0.4) is 0 Å². The number of amides is 1. The Labute approximate surface area is 213 Å². The first-order valence-corrected chi connectivity index (χ1v) is 12.4. The van der Waals surface area contributed by atoms with Gasteiger partial charge < -0.3 is 19.7 Å². The van der Waals surface area contributed by atoms with Crippen LogP contribution >= 0.6 is 11.6 Å². The summed E-state index contributed by atoms with van der Waals surface area (Å²) in [5.41, 5.74) is 1.78. The molecule has 0 saturated carbocycles. The summed E-state index contributed by atoms with van der Waals surface area (Å²) in [5.74, 6) is -0.151. The van der Waals surface area contributed by atoms with Crippen molar-refractivity contribution in [3.05, 3.63) is 81.7 Å². The number of nitrogens with one attached hydrogen (secondary N) is 1. The Balaban J connectivity index is 0.000000391. The van der Waals surface area contributed by atoms with Gasteiger partial charge in [0.1, 0.15) is 0 Å². The summed E-state index contributed by atoms with van der Waals surface area (Å²) in [4.78, 5) is 28.6. The third kappa shape index (κ3) is 5.12. The van der Waals surface area contributed by atoms with Crippen LogP contribution in [0.2, 0.25) is 5.02 Å². The number of carbonyl (C=O) groups excluding carboxylic acids is 1.